The van der Waals surface area contributed by atoms with E-state index in [0.29, 0.717) is 23.4 Å². The average Bonchev–Trinajstić information content (AvgIpc) is 3.02. The summed E-state index contributed by atoms with van der Waals surface area (Å²) in [4.78, 5) is 2.63. The normalized spacial score (nSPS) is 29.4. The summed E-state index contributed by atoms with van der Waals surface area (Å²) in [5.41, 5.74) is 0.412. The number of piperidine rings is 1. The molecule has 0 spiro atoms. The lowest BCUT2D eigenvalue weighted by atomic mass is 9.89. The van der Waals surface area contributed by atoms with Crippen molar-refractivity contribution in [2.45, 2.75) is 108 Å². The number of hydrogen-bond acceptors (Lipinski definition) is 2. The summed E-state index contributed by atoms with van der Waals surface area (Å²) in [5, 5.41) is 0.914. The standard InChI is InChI=1S/C28H36F3NO/c1-3-25(32-21-5-4-6-22(32)13-12-21)20-10-9-19-11-16-26(27(24(19)17-20)28(29,30)31)33-23-14-7-18(2)8-15-23/h9-11,16-18,21-23,25H,3-8,12-15H2,1-2H3. The highest BCUT2D eigenvalue weighted by Gasteiger charge is 2.41. The first kappa shape index (κ1) is 23.0. The summed E-state index contributed by atoms with van der Waals surface area (Å²) < 4.78 is 49.2. The van der Waals surface area contributed by atoms with Crippen LogP contribution in [0.2, 0.25) is 0 Å². The van der Waals surface area contributed by atoms with Crippen LogP contribution in [0.5, 0.6) is 5.75 Å². The molecule has 5 heteroatoms. The summed E-state index contributed by atoms with van der Waals surface area (Å²) in [7, 11) is 0. The maximum Gasteiger partial charge on any atom is 0.420 e. The predicted octanol–water partition coefficient (Wildman–Crippen LogP) is 8.28. The second-order valence-electron chi connectivity index (χ2n) is 10.6. The van der Waals surface area contributed by atoms with Crippen LogP contribution in [0.4, 0.5) is 13.2 Å². The van der Waals surface area contributed by atoms with E-state index in [9.17, 15) is 13.2 Å². The van der Waals surface area contributed by atoms with Crippen molar-refractivity contribution in [1.82, 2.24) is 4.90 Å². The first-order valence-corrected chi connectivity index (χ1v) is 12.9. The van der Waals surface area contributed by atoms with Gasteiger partial charge in [0.1, 0.15) is 11.3 Å². The highest BCUT2D eigenvalue weighted by molar-refractivity contribution is 5.89. The van der Waals surface area contributed by atoms with Crippen LogP contribution in [0, 0.1) is 5.92 Å². The lowest BCUT2D eigenvalue weighted by Gasteiger charge is -2.41. The van der Waals surface area contributed by atoms with Gasteiger partial charge < -0.3 is 4.74 Å². The molecule has 2 saturated heterocycles. The molecule has 1 aliphatic carbocycles. The summed E-state index contributed by atoms with van der Waals surface area (Å²) in [6.45, 7) is 4.37. The molecule has 2 aromatic rings. The topological polar surface area (TPSA) is 12.5 Å². The van der Waals surface area contributed by atoms with Gasteiger partial charge >= 0.3 is 6.18 Å². The van der Waals surface area contributed by atoms with E-state index < -0.39 is 11.7 Å². The maximum atomic E-state index is 14.4. The monoisotopic (exact) mass is 459 g/mol. The molecule has 3 fully saturated rings. The molecule has 3 unspecified atom stereocenters. The first-order valence-electron chi connectivity index (χ1n) is 12.9. The molecular weight excluding hydrogens is 423 g/mol. The van der Waals surface area contributed by atoms with E-state index in [1.807, 2.05) is 18.2 Å². The average molecular weight is 460 g/mol. The van der Waals surface area contributed by atoms with Gasteiger partial charge in [-0.2, -0.15) is 13.2 Å². The van der Waals surface area contributed by atoms with E-state index in [-0.39, 0.29) is 23.3 Å². The van der Waals surface area contributed by atoms with Crippen LogP contribution in [0.3, 0.4) is 0 Å². The van der Waals surface area contributed by atoms with Crippen LogP contribution in [0.25, 0.3) is 10.8 Å². The van der Waals surface area contributed by atoms with Crippen molar-refractivity contribution in [3.8, 4) is 5.75 Å². The number of nitrogens with zero attached hydrogens (tertiary/aromatic N) is 1. The summed E-state index contributed by atoms with van der Waals surface area (Å²) in [5.74, 6) is 0.625. The number of ether oxygens (including phenoxy) is 1. The molecule has 33 heavy (non-hydrogen) atoms. The fraction of sp³-hybridized carbons (Fsp3) is 0.643. The first-order chi connectivity index (χ1) is 15.8. The number of hydrogen-bond donors (Lipinski definition) is 0. The Kier molecular flexibility index (Phi) is 6.37. The highest BCUT2D eigenvalue weighted by Crippen LogP contribution is 2.46. The quantitative estimate of drug-likeness (QED) is 0.446. The van der Waals surface area contributed by atoms with Crippen molar-refractivity contribution in [2.24, 2.45) is 5.92 Å². The molecule has 2 aromatic carbocycles. The number of fused-ring (bicyclic) bond motifs is 3. The Balaban J connectivity index is 1.53. The van der Waals surface area contributed by atoms with Gasteiger partial charge in [0.2, 0.25) is 0 Å². The van der Waals surface area contributed by atoms with E-state index in [4.69, 9.17) is 4.74 Å². The van der Waals surface area contributed by atoms with Gasteiger partial charge in [-0.15, -0.1) is 0 Å². The van der Waals surface area contributed by atoms with Crippen LogP contribution in [-0.4, -0.2) is 23.1 Å². The third-order valence-electron chi connectivity index (χ3n) is 8.43. The Hall–Kier alpha value is -1.75. The van der Waals surface area contributed by atoms with E-state index >= 15 is 0 Å². The molecule has 2 nitrogen and oxygen atoms in total. The lowest BCUT2D eigenvalue weighted by molar-refractivity contribution is -0.138. The van der Waals surface area contributed by atoms with Gasteiger partial charge in [0.05, 0.1) is 6.10 Å². The molecular formula is C28H36F3NO. The van der Waals surface area contributed by atoms with Gasteiger partial charge in [0.25, 0.3) is 0 Å². The lowest BCUT2D eigenvalue weighted by Crippen LogP contribution is -2.42. The van der Waals surface area contributed by atoms with Crippen LogP contribution < -0.4 is 4.74 Å². The Bertz CT molecular complexity index is 963. The summed E-state index contributed by atoms with van der Waals surface area (Å²) in [6.07, 6.45) is 6.16. The van der Waals surface area contributed by atoms with Gasteiger partial charge in [0, 0.05) is 18.1 Å². The second kappa shape index (κ2) is 9.13. The Morgan fingerprint density at radius 2 is 1.61 bits per heavy atom. The molecule has 0 N–H and O–H groups in total. The molecule has 3 atom stereocenters. The Morgan fingerprint density at radius 3 is 2.24 bits per heavy atom. The van der Waals surface area contributed by atoms with Crippen molar-refractivity contribution in [3.63, 3.8) is 0 Å². The van der Waals surface area contributed by atoms with Crippen LogP contribution in [0.1, 0.15) is 95.2 Å². The molecule has 2 bridgehead atoms. The largest absolute Gasteiger partial charge is 0.490 e. The Labute approximate surface area is 195 Å². The number of halogens is 3. The van der Waals surface area contributed by atoms with E-state index in [0.717, 1.165) is 37.7 Å². The van der Waals surface area contributed by atoms with Crippen molar-refractivity contribution in [2.75, 3.05) is 0 Å². The molecule has 0 aromatic heterocycles. The van der Waals surface area contributed by atoms with E-state index in [1.54, 1.807) is 6.07 Å². The van der Waals surface area contributed by atoms with Crippen molar-refractivity contribution in [1.29, 1.82) is 0 Å². The highest BCUT2D eigenvalue weighted by atomic mass is 19.4. The van der Waals surface area contributed by atoms with Crippen molar-refractivity contribution < 1.29 is 17.9 Å². The number of benzene rings is 2. The van der Waals surface area contributed by atoms with Gasteiger partial charge in [-0.05, 0) is 92.2 Å². The fourth-order valence-electron chi connectivity index (χ4n) is 6.73. The molecule has 2 aliphatic heterocycles. The molecule has 3 aliphatic rings. The van der Waals surface area contributed by atoms with Gasteiger partial charge in [-0.25, -0.2) is 0 Å². The van der Waals surface area contributed by atoms with Crippen molar-refractivity contribution in [3.05, 3.63) is 41.5 Å². The van der Waals surface area contributed by atoms with E-state index in [2.05, 4.69) is 18.7 Å². The van der Waals surface area contributed by atoms with E-state index in [1.165, 1.54) is 38.2 Å². The van der Waals surface area contributed by atoms with Crippen LogP contribution in [0.15, 0.2) is 30.3 Å². The van der Waals surface area contributed by atoms with Gasteiger partial charge in [-0.1, -0.05) is 38.5 Å². The predicted molar refractivity (Wildman–Crippen MR) is 127 cm³/mol. The number of rotatable bonds is 5. The molecule has 2 heterocycles. The SMILES string of the molecule is CCC(c1ccc2ccc(OC3CCC(C)CC3)c(C(F)(F)F)c2c1)N1C2CCCC1CC2. The minimum Gasteiger partial charge on any atom is -0.490 e. The van der Waals surface area contributed by atoms with Crippen molar-refractivity contribution >= 4 is 10.8 Å². The van der Waals surface area contributed by atoms with Gasteiger partial charge in [-0.3, -0.25) is 4.90 Å². The molecule has 0 radical (unpaired) electrons. The third-order valence-corrected chi connectivity index (χ3v) is 8.43. The zero-order valence-corrected chi connectivity index (χ0v) is 19.8. The van der Waals surface area contributed by atoms with Crippen LogP contribution >= 0.6 is 0 Å². The number of alkyl halides is 3. The third kappa shape index (κ3) is 4.50. The van der Waals surface area contributed by atoms with Gasteiger partial charge in [0.15, 0.2) is 0 Å². The molecule has 180 valence electrons. The summed E-state index contributed by atoms with van der Waals surface area (Å²) in [6, 6.07) is 10.4. The molecule has 0 amide bonds. The zero-order chi connectivity index (χ0) is 23.2. The zero-order valence-electron chi connectivity index (χ0n) is 19.8. The minimum atomic E-state index is -4.46. The van der Waals surface area contributed by atoms with Crippen LogP contribution in [-0.2, 0) is 6.18 Å². The maximum absolute atomic E-state index is 14.4. The second-order valence-corrected chi connectivity index (χ2v) is 10.6. The Morgan fingerprint density at radius 1 is 0.939 bits per heavy atom. The molecule has 5 rings (SSSR count). The summed E-state index contributed by atoms with van der Waals surface area (Å²) >= 11 is 0. The fourth-order valence-corrected chi connectivity index (χ4v) is 6.73. The molecule has 1 saturated carbocycles. The smallest absolute Gasteiger partial charge is 0.420 e. The minimum absolute atomic E-state index is 0.00204.